The average Bonchev–Trinajstić information content (AvgIpc) is 2.55. The normalized spacial score (nSPS) is 11.5. The summed E-state index contributed by atoms with van der Waals surface area (Å²) in [6.07, 6.45) is 0. The molecule has 23 heavy (non-hydrogen) atoms. The lowest BCUT2D eigenvalue weighted by Gasteiger charge is -2.17. The topological polar surface area (TPSA) is 55.8 Å². The summed E-state index contributed by atoms with van der Waals surface area (Å²) in [5.74, 6) is 1.41. The van der Waals surface area contributed by atoms with Gasteiger partial charge >= 0.3 is 0 Å². The molecular weight excluding hydrogens is 382 g/mol. The van der Waals surface area contributed by atoms with E-state index >= 15 is 0 Å². The maximum Gasteiger partial charge on any atom is 0.242 e. The molecule has 0 heterocycles. The van der Waals surface area contributed by atoms with Gasteiger partial charge in [0.05, 0.1) is 12.0 Å². The largest absolute Gasteiger partial charge is 0.497 e. The summed E-state index contributed by atoms with van der Waals surface area (Å²) in [5.41, 5.74) is 0. The Kier molecular flexibility index (Phi) is 6.04. The van der Waals surface area contributed by atoms with Crippen LogP contribution in [-0.4, -0.2) is 40.0 Å². The van der Waals surface area contributed by atoms with Crippen LogP contribution in [0.5, 0.6) is 11.5 Å². The summed E-state index contributed by atoms with van der Waals surface area (Å²) in [4.78, 5) is 0.257. The Morgan fingerprint density at radius 1 is 1.00 bits per heavy atom. The van der Waals surface area contributed by atoms with Crippen LogP contribution < -0.4 is 9.47 Å². The number of methoxy groups -OCH3 is 1. The van der Waals surface area contributed by atoms with Gasteiger partial charge in [0.2, 0.25) is 10.0 Å². The second-order valence-electron chi connectivity index (χ2n) is 4.80. The number of likely N-dealkylation sites (N-methyl/N-ethyl adjacent to an activating group) is 1. The summed E-state index contributed by atoms with van der Waals surface area (Å²) >= 11 is 3.29. The van der Waals surface area contributed by atoms with E-state index in [4.69, 9.17) is 9.47 Å². The molecule has 0 aliphatic heterocycles. The minimum atomic E-state index is -3.51. The Hall–Kier alpha value is -1.57. The van der Waals surface area contributed by atoms with Crippen LogP contribution in [0.15, 0.2) is 57.9 Å². The zero-order valence-corrected chi connectivity index (χ0v) is 15.3. The number of benzene rings is 2. The van der Waals surface area contributed by atoms with Crippen molar-refractivity contribution in [2.45, 2.75) is 4.90 Å². The van der Waals surface area contributed by atoms with Gasteiger partial charge < -0.3 is 9.47 Å². The zero-order chi connectivity index (χ0) is 16.9. The van der Waals surface area contributed by atoms with Crippen LogP contribution in [0.25, 0.3) is 0 Å². The molecule has 0 saturated heterocycles. The Labute approximate surface area is 145 Å². The van der Waals surface area contributed by atoms with Crippen LogP contribution in [0, 0.1) is 0 Å². The molecule has 0 saturated carbocycles. The van der Waals surface area contributed by atoms with E-state index in [0.717, 1.165) is 10.2 Å². The third-order valence-electron chi connectivity index (χ3n) is 3.26. The molecule has 0 radical (unpaired) electrons. The molecule has 0 amide bonds. The number of ether oxygens (including phenoxy) is 2. The van der Waals surface area contributed by atoms with Gasteiger partial charge in [0.15, 0.2) is 0 Å². The van der Waals surface area contributed by atoms with Gasteiger partial charge in [-0.2, -0.15) is 4.31 Å². The number of rotatable bonds is 7. The van der Waals surface area contributed by atoms with Gasteiger partial charge in [-0.15, -0.1) is 0 Å². The fraction of sp³-hybridized carbons (Fsp3) is 0.250. The lowest BCUT2D eigenvalue weighted by Crippen LogP contribution is -2.31. The number of hydrogen-bond acceptors (Lipinski definition) is 4. The van der Waals surface area contributed by atoms with Crippen LogP contribution in [0.1, 0.15) is 0 Å². The van der Waals surface area contributed by atoms with E-state index in [-0.39, 0.29) is 18.0 Å². The van der Waals surface area contributed by atoms with Gasteiger partial charge in [0, 0.05) is 18.1 Å². The smallest absolute Gasteiger partial charge is 0.242 e. The highest BCUT2D eigenvalue weighted by Gasteiger charge is 2.20. The van der Waals surface area contributed by atoms with E-state index in [9.17, 15) is 8.42 Å². The highest BCUT2D eigenvalue weighted by atomic mass is 79.9. The zero-order valence-electron chi connectivity index (χ0n) is 12.9. The molecule has 0 unspecified atom stereocenters. The molecule has 0 N–H and O–H groups in total. The van der Waals surface area contributed by atoms with Gasteiger partial charge in [0.25, 0.3) is 0 Å². The van der Waals surface area contributed by atoms with Crippen molar-refractivity contribution in [3.63, 3.8) is 0 Å². The number of sulfonamides is 1. The monoisotopic (exact) mass is 399 g/mol. The summed E-state index contributed by atoms with van der Waals surface area (Å²) < 4.78 is 37.6. The Bertz CT molecular complexity index is 730. The molecular formula is C16H18BrNO4S. The molecule has 7 heteroatoms. The molecule has 2 rings (SSSR count). The second kappa shape index (κ2) is 7.81. The maximum atomic E-state index is 12.4. The van der Waals surface area contributed by atoms with Crippen LogP contribution in [0.4, 0.5) is 0 Å². The predicted molar refractivity (Wildman–Crippen MR) is 92.4 cm³/mol. The average molecular weight is 400 g/mol. The predicted octanol–water partition coefficient (Wildman–Crippen LogP) is 3.16. The van der Waals surface area contributed by atoms with E-state index in [1.807, 2.05) is 0 Å². The first-order valence-corrected chi connectivity index (χ1v) is 9.15. The van der Waals surface area contributed by atoms with Crippen LogP contribution in [0.3, 0.4) is 0 Å². The molecule has 0 aliphatic rings. The van der Waals surface area contributed by atoms with Crippen LogP contribution in [-0.2, 0) is 10.0 Å². The van der Waals surface area contributed by atoms with E-state index in [0.29, 0.717) is 5.75 Å². The van der Waals surface area contributed by atoms with Crippen molar-refractivity contribution in [3.05, 3.63) is 53.0 Å². The first kappa shape index (κ1) is 17.8. The van der Waals surface area contributed by atoms with Gasteiger partial charge in [0.1, 0.15) is 18.1 Å². The molecule has 2 aromatic rings. The molecule has 0 aromatic heterocycles. The maximum absolute atomic E-state index is 12.4. The SMILES string of the molecule is COc1ccc(OCCN(C)S(=O)(=O)c2ccc(Br)cc2)cc1. The lowest BCUT2D eigenvalue weighted by atomic mass is 10.3. The van der Waals surface area contributed by atoms with E-state index in [2.05, 4.69) is 15.9 Å². The summed E-state index contributed by atoms with van der Waals surface area (Å²) in [6.45, 7) is 0.517. The molecule has 0 atom stereocenters. The number of nitrogens with zero attached hydrogens (tertiary/aromatic N) is 1. The van der Waals surface area contributed by atoms with Gasteiger partial charge in [-0.05, 0) is 48.5 Å². The van der Waals surface area contributed by atoms with Crippen molar-refractivity contribution in [2.24, 2.45) is 0 Å². The third kappa shape index (κ3) is 4.70. The number of hydrogen-bond donors (Lipinski definition) is 0. The third-order valence-corrected chi connectivity index (χ3v) is 5.66. The van der Waals surface area contributed by atoms with E-state index < -0.39 is 10.0 Å². The van der Waals surface area contributed by atoms with E-state index in [1.165, 1.54) is 11.4 Å². The van der Waals surface area contributed by atoms with Crippen molar-refractivity contribution in [1.82, 2.24) is 4.31 Å². The fourth-order valence-electron chi connectivity index (χ4n) is 1.87. The van der Waals surface area contributed by atoms with Gasteiger partial charge in [-0.1, -0.05) is 15.9 Å². The van der Waals surface area contributed by atoms with Gasteiger partial charge in [-0.3, -0.25) is 0 Å². The standard InChI is InChI=1S/C16H18BrNO4S/c1-18(23(19,20)16-9-3-13(17)4-10-16)11-12-22-15-7-5-14(21-2)6-8-15/h3-10H,11-12H2,1-2H3. The molecule has 2 aromatic carbocycles. The molecule has 0 bridgehead atoms. The van der Waals surface area contributed by atoms with Crippen molar-refractivity contribution < 1.29 is 17.9 Å². The van der Waals surface area contributed by atoms with Crippen LogP contribution >= 0.6 is 15.9 Å². The highest BCUT2D eigenvalue weighted by molar-refractivity contribution is 9.10. The first-order valence-electron chi connectivity index (χ1n) is 6.92. The second-order valence-corrected chi connectivity index (χ2v) is 7.77. The van der Waals surface area contributed by atoms with E-state index in [1.54, 1.807) is 55.6 Å². The highest BCUT2D eigenvalue weighted by Crippen LogP contribution is 2.19. The quantitative estimate of drug-likeness (QED) is 0.717. The summed E-state index contributed by atoms with van der Waals surface area (Å²) in [5, 5.41) is 0. The number of halogens is 1. The van der Waals surface area contributed by atoms with Crippen molar-refractivity contribution >= 4 is 26.0 Å². The minimum Gasteiger partial charge on any atom is -0.497 e. The fourth-order valence-corrected chi connectivity index (χ4v) is 3.29. The molecule has 124 valence electrons. The lowest BCUT2D eigenvalue weighted by molar-refractivity contribution is 0.286. The molecule has 0 aliphatic carbocycles. The summed E-state index contributed by atoms with van der Waals surface area (Å²) in [6, 6.07) is 13.7. The first-order chi connectivity index (χ1) is 10.9. The molecule has 0 fully saturated rings. The van der Waals surface area contributed by atoms with Crippen LogP contribution in [0.2, 0.25) is 0 Å². The molecule has 0 spiro atoms. The Morgan fingerprint density at radius 3 is 2.13 bits per heavy atom. The molecule has 5 nitrogen and oxygen atoms in total. The van der Waals surface area contributed by atoms with Crippen molar-refractivity contribution in [2.75, 3.05) is 27.3 Å². The van der Waals surface area contributed by atoms with Crippen molar-refractivity contribution in [3.8, 4) is 11.5 Å². The minimum absolute atomic E-state index is 0.254. The summed E-state index contributed by atoms with van der Waals surface area (Å²) in [7, 11) is -0.377. The van der Waals surface area contributed by atoms with Gasteiger partial charge in [-0.25, -0.2) is 8.42 Å². The Balaban J connectivity index is 1.92. The Morgan fingerprint density at radius 2 is 1.57 bits per heavy atom. The van der Waals surface area contributed by atoms with Crippen molar-refractivity contribution in [1.29, 1.82) is 0 Å².